The molecule has 2 aromatic carbocycles. The van der Waals surface area contributed by atoms with Gasteiger partial charge >= 0.3 is 6.09 Å². The quantitative estimate of drug-likeness (QED) is 0.313. The van der Waals surface area contributed by atoms with Gasteiger partial charge in [-0.3, -0.25) is 10.1 Å². The second kappa shape index (κ2) is 10.2. The maximum absolute atomic E-state index is 11.7. The number of nitro groups is 1. The lowest BCUT2D eigenvalue weighted by Gasteiger charge is -2.22. The van der Waals surface area contributed by atoms with E-state index in [2.05, 4.69) is 4.98 Å². The van der Waals surface area contributed by atoms with Crippen LogP contribution in [0.5, 0.6) is 11.5 Å². The van der Waals surface area contributed by atoms with Crippen molar-refractivity contribution in [1.29, 1.82) is 0 Å². The predicted octanol–water partition coefficient (Wildman–Crippen LogP) is 5.32. The van der Waals surface area contributed by atoms with Gasteiger partial charge in [0.25, 0.3) is 5.69 Å². The Morgan fingerprint density at radius 2 is 1.76 bits per heavy atom. The largest absolute Gasteiger partial charge is 0.457 e. The smallest absolute Gasteiger partial charge is 0.410 e. The van der Waals surface area contributed by atoms with Gasteiger partial charge in [-0.1, -0.05) is 12.1 Å². The van der Waals surface area contributed by atoms with Crippen molar-refractivity contribution in [3.05, 3.63) is 82.5 Å². The first kappa shape index (κ1) is 23.0. The van der Waals surface area contributed by atoms with Gasteiger partial charge in [0.05, 0.1) is 11.0 Å². The number of benzene rings is 2. The maximum atomic E-state index is 11.7. The Morgan fingerprint density at radius 1 is 1.09 bits per heavy atom. The summed E-state index contributed by atoms with van der Waals surface area (Å²) in [6.07, 6.45) is 1.75. The molecule has 34 heavy (non-hydrogen) atoms. The zero-order valence-electron chi connectivity index (χ0n) is 19.1. The Labute approximate surface area is 197 Å². The highest BCUT2D eigenvalue weighted by molar-refractivity contribution is 5.70. The lowest BCUT2D eigenvalue weighted by Crippen LogP contribution is -2.34. The molecule has 1 atom stereocenters. The lowest BCUT2D eigenvalue weighted by molar-refractivity contribution is -0.385. The summed E-state index contributed by atoms with van der Waals surface area (Å²) in [6.45, 7) is 5.64. The summed E-state index contributed by atoms with van der Waals surface area (Å²) < 4.78 is 11.1. The molecule has 0 spiro atoms. The van der Waals surface area contributed by atoms with Crippen LogP contribution in [0.25, 0.3) is 0 Å². The fourth-order valence-electron chi connectivity index (χ4n) is 3.96. The number of nitrogens with zero attached hydrogens (tertiary/aromatic N) is 4. The van der Waals surface area contributed by atoms with Crippen molar-refractivity contribution in [3.63, 3.8) is 0 Å². The third-order valence-corrected chi connectivity index (χ3v) is 5.73. The topological polar surface area (TPSA) is 98.0 Å². The summed E-state index contributed by atoms with van der Waals surface area (Å²) in [7, 11) is 0. The number of rotatable bonds is 9. The average molecular weight is 463 g/mol. The van der Waals surface area contributed by atoms with Gasteiger partial charge in [-0.05, 0) is 68.3 Å². The SMILES string of the molecule is CCN(c1ccc(Oc2ccc(C[C@H]3COC(=O)N3CC)cc2)cc1)c1ccc([N+](=O)[O-])cn1. The monoisotopic (exact) mass is 462 g/mol. The van der Waals surface area contributed by atoms with Gasteiger partial charge in [-0.25, -0.2) is 9.78 Å². The van der Waals surface area contributed by atoms with Crippen LogP contribution in [0.15, 0.2) is 66.9 Å². The molecule has 1 aromatic heterocycles. The van der Waals surface area contributed by atoms with Gasteiger partial charge in [0, 0.05) is 24.8 Å². The zero-order valence-corrected chi connectivity index (χ0v) is 19.1. The fraction of sp³-hybridized carbons (Fsp3) is 0.280. The van der Waals surface area contributed by atoms with E-state index in [0.717, 1.165) is 17.7 Å². The maximum Gasteiger partial charge on any atom is 0.410 e. The minimum Gasteiger partial charge on any atom is -0.457 e. The third-order valence-electron chi connectivity index (χ3n) is 5.73. The van der Waals surface area contributed by atoms with Crippen molar-refractivity contribution >= 4 is 23.3 Å². The molecule has 1 amide bonds. The molecule has 1 fully saturated rings. The van der Waals surface area contributed by atoms with E-state index in [0.29, 0.717) is 37.0 Å². The van der Waals surface area contributed by atoms with E-state index < -0.39 is 4.92 Å². The van der Waals surface area contributed by atoms with Crippen LogP contribution in [0, 0.1) is 10.1 Å². The van der Waals surface area contributed by atoms with Crippen LogP contribution in [0.1, 0.15) is 19.4 Å². The highest BCUT2D eigenvalue weighted by Gasteiger charge is 2.31. The standard InChI is InChI=1S/C25H26N4O5/c1-3-27(24-14-9-20(16-26-24)29(31)32)19-7-12-23(13-8-19)34-22-10-5-18(6-11-22)15-21-17-33-25(30)28(21)4-2/h5-14,16,21H,3-4,15,17H2,1-2H3/t21-/m0/s1. The van der Waals surface area contributed by atoms with Crippen molar-refractivity contribution in [1.82, 2.24) is 9.88 Å². The summed E-state index contributed by atoms with van der Waals surface area (Å²) in [5, 5.41) is 10.9. The van der Waals surface area contributed by atoms with Crippen LogP contribution >= 0.6 is 0 Å². The minimum absolute atomic E-state index is 0.0395. The Bertz CT molecular complexity index is 1130. The number of carbonyl (C=O) groups is 1. The first-order valence-electron chi connectivity index (χ1n) is 11.2. The highest BCUT2D eigenvalue weighted by Crippen LogP contribution is 2.29. The summed E-state index contributed by atoms with van der Waals surface area (Å²) in [4.78, 5) is 30.0. The second-order valence-electron chi connectivity index (χ2n) is 7.84. The van der Waals surface area contributed by atoms with E-state index in [1.807, 2.05) is 67.3 Å². The molecule has 0 saturated carbocycles. The molecule has 0 unspecified atom stereocenters. The molecule has 0 aliphatic carbocycles. The molecule has 1 aliphatic heterocycles. The Kier molecular flexibility index (Phi) is 6.91. The zero-order chi connectivity index (χ0) is 24.1. The number of amides is 1. The Morgan fingerprint density at radius 3 is 2.32 bits per heavy atom. The molecule has 9 heteroatoms. The van der Waals surface area contributed by atoms with Gasteiger partial charge in [0.1, 0.15) is 30.1 Å². The molecular formula is C25H26N4O5. The molecule has 0 bridgehead atoms. The number of hydrogen-bond donors (Lipinski definition) is 0. The normalized spacial score (nSPS) is 15.2. The summed E-state index contributed by atoms with van der Waals surface area (Å²) >= 11 is 0. The van der Waals surface area contributed by atoms with Crippen molar-refractivity contribution in [3.8, 4) is 11.5 Å². The Balaban J connectivity index is 1.39. The van der Waals surface area contributed by atoms with Crippen LogP contribution < -0.4 is 9.64 Å². The molecular weight excluding hydrogens is 436 g/mol. The average Bonchev–Trinajstić information content (AvgIpc) is 3.21. The van der Waals surface area contributed by atoms with E-state index in [1.165, 1.54) is 12.3 Å². The van der Waals surface area contributed by atoms with E-state index in [1.54, 1.807) is 11.0 Å². The van der Waals surface area contributed by atoms with Crippen LogP contribution in [0.2, 0.25) is 0 Å². The van der Waals surface area contributed by atoms with Crippen LogP contribution in [-0.4, -0.2) is 46.6 Å². The lowest BCUT2D eigenvalue weighted by atomic mass is 10.1. The van der Waals surface area contributed by atoms with Crippen molar-refractivity contribution in [2.24, 2.45) is 0 Å². The van der Waals surface area contributed by atoms with Gasteiger partial charge in [-0.15, -0.1) is 0 Å². The van der Waals surface area contributed by atoms with Gasteiger partial charge < -0.3 is 19.3 Å². The van der Waals surface area contributed by atoms with Gasteiger partial charge in [0.2, 0.25) is 0 Å². The second-order valence-corrected chi connectivity index (χ2v) is 7.84. The third kappa shape index (κ3) is 5.09. The van der Waals surface area contributed by atoms with E-state index >= 15 is 0 Å². The van der Waals surface area contributed by atoms with Gasteiger partial charge in [0.15, 0.2) is 0 Å². The highest BCUT2D eigenvalue weighted by atomic mass is 16.6. The molecule has 0 N–H and O–H groups in total. The van der Waals surface area contributed by atoms with Crippen LogP contribution in [-0.2, 0) is 11.2 Å². The van der Waals surface area contributed by atoms with Crippen LogP contribution in [0.3, 0.4) is 0 Å². The number of pyridine rings is 1. The number of ether oxygens (including phenoxy) is 2. The molecule has 2 heterocycles. The summed E-state index contributed by atoms with van der Waals surface area (Å²) in [5.41, 5.74) is 1.97. The van der Waals surface area contributed by atoms with E-state index in [4.69, 9.17) is 9.47 Å². The summed E-state index contributed by atoms with van der Waals surface area (Å²) in [5.74, 6) is 2.04. The number of likely N-dealkylation sites (N-methyl/N-ethyl adjacent to an activating group) is 1. The molecule has 1 saturated heterocycles. The molecule has 9 nitrogen and oxygen atoms in total. The number of hydrogen-bond acceptors (Lipinski definition) is 7. The van der Waals surface area contributed by atoms with E-state index in [-0.39, 0.29) is 17.8 Å². The number of anilines is 2. The van der Waals surface area contributed by atoms with Crippen molar-refractivity contribution in [2.45, 2.75) is 26.3 Å². The Hall–Kier alpha value is -4.14. The van der Waals surface area contributed by atoms with Crippen LogP contribution in [0.4, 0.5) is 22.0 Å². The summed E-state index contributed by atoms with van der Waals surface area (Å²) in [6, 6.07) is 18.6. The number of aromatic nitrogens is 1. The molecule has 1 aliphatic rings. The fourth-order valence-corrected chi connectivity index (χ4v) is 3.96. The molecule has 176 valence electrons. The van der Waals surface area contributed by atoms with Crippen molar-refractivity contribution < 1.29 is 19.2 Å². The number of cyclic esters (lactones) is 1. The first-order chi connectivity index (χ1) is 16.5. The molecule has 0 radical (unpaired) electrons. The van der Waals surface area contributed by atoms with Crippen molar-refractivity contribution in [2.75, 3.05) is 24.6 Å². The predicted molar refractivity (Wildman–Crippen MR) is 128 cm³/mol. The number of carbonyl (C=O) groups excluding carboxylic acids is 1. The van der Waals surface area contributed by atoms with Gasteiger partial charge in [-0.2, -0.15) is 0 Å². The first-order valence-corrected chi connectivity index (χ1v) is 11.2. The molecule has 3 aromatic rings. The van der Waals surface area contributed by atoms with E-state index in [9.17, 15) is 14.9 Å². The molecule has 4 rings (SSSR count). The minimum atomic E-state index is -0.463.